The molecule has 0 aliphatic rings. The highest BCUT2D eigenvalue weighted by molar-refractivity contribution is 5.76. The standard InChI is InChI=1S/C23H20N2O/c1-17-7-6-10-21(18-8-4-3-5-9-18)22(17)25-16-15-24-23(25)19-11-13-20(26-2)14-12-19/h3-16H,1-2H3. The number of aromatic nitrogens is 2. The second-order valence-corrected chi connectivity index (χ2v) is 6.19. The van der Waals surface area contributed by atoms with E-state index in [1.54, 1.807) is 7.11 Å². The van der Waals surface area contributed by atoms with Crippen molar-refractivity contribution >= 4 is 0 Å². The highest BCUT2D eigenvalue weighted by Gasteiger charge is 2.14. The van der Waals surface area contributed by atoms with E-state index in [0.717, 1.165) is 22.8 Å². The summed E-state index contributed by atoms with van der Waals surface area (Å²) >= 11 is 0. The van der Waals surface area contributed by atoms with Crippen molar-refractivity contribution < 1.29 is 4.74 Å². The molecule has 3 aromatic carbocycles. The summed E-state index contributed by atoms with van der Waals surface area (Å²) < 4.78 is 7.44. The predicted octanol–water partition coefficient (Wildman–Crippen LogP) is 5.52. The minimum atomic E-state index is 0.840. The summed E-state index contributed by atoms with van der Waals surface area (Å²) in [5.74, 6) is 1.76. The van der Waals surface area contributed by atoms with Gasteiger partial charge in [0.25, 0.3) is 0 Å². The molecule has 0 saturated heterocycles. The van der Waals surface area contributed by atoms with Crippen molar-refractivity contribution in [1.82, 2.24) is 9.55 Å². The van der Waals surface area contributed by atoms with Crippen LogP contribution in [0.15, 0.2) is 85.2 Å². The van der Waals surface area contributed by atoms with E-state index in [1.165, 1.54) is 16.7 Å². The van der Waals surface area contributed by atoms with Gasteiger partial charge in [-0.3, -0.25) is 4.57 Å². The van der Waals surface area contributed by atoms with Gasteiger partial charge in [0, 0.05) is 23.5 Å². The maximum absolute atomic E-state index is 5.27. The van der Waals surface area contributed by atoms with Crippen molar-refractivity contribution in [2.24, 2.45) is 0 Å². The summed E-state index contributed by atoms with van der Waals surface area (Å²) in [4.78, 5) is 4.62. The molecular formula is C23H20N2O. The molecule has 0 aliphatic heterocycles. The number of aryl methyl sites for hydroxylation is 1. The molecule has 0 bridgehead atoms. The molecule has 0 atom stereocenters. The van der Waals surface area contributed by atoms with Crippen molar-refractivity contribution in [1.29, 1.82) is 0 Å². The van der Waals surface area contributed by atoms with E-state index in [9.17, 15) is 0 Å². The first-order valence-electron chi connectivity index (χ1n) is 8.61. The second kappa shape index (κ2) is 6.89. The fourth-order valence-electron chi connectivity index (χ4n) is 3.27. The number of imidazole rings is 1. The largest absolute Gasteiger partial charge is 0.497 e. The predicted molar refractivity (Wildman–Crippen MR) is 106 cm³/mol. The van der Waals surface area contributed by atoms with Crippen LogP contribution in [0.5, 0.6) is 5.75 Å². The van der Waals surface area contributed by atoms with Crippen LogP contribution >= 0.6 is 0 Å². The molecule has 128 valence electrons. The van der Waals surface area contributed by atoms with Crippen LogP contribution in [0, 0.1) is 6.92 Å². The van der Waals surface area contributed by atoms with Gasteiger partial charge < -0.3 is 4.74 Å². The molecule has 0 radical (unpaired) electrons. The van der Waals surface area contributed by atoms with E-state index in [-0.39, 0.29) is 0 Å². The summed E-state index contributed by atoms with van der Waals surface area (Å²) in [6.45, 7) is 2.14. The Morgan fingerprint density at radius 3 is 2.31 bits per heavy atom. The molecule has 0 saturated carbocycles. The molecule has 0 N–H and O–H groups in total. The van der Waals surface area contributed by atoms with Gasteiger partial charge >= 0.3 is 0 Å². The first-order chi connectivity index (χ1) is 12.8. The fourth-order valence-corrected chi connectivity index (χ4v) is 3.27. The lowest BCUT2D eigenvalue weighted by Crippen LogP contribution is -2.01. The van der Waals surface area contributed by atoms with E-state index in [0.29, 0.717) is 0 Å². The zero-order valence-corrected chi connectivity index (χ0v) is 14.9. The lowest BCUT2D eigenvalue weighted by atomic mass is 10.00. The number of hydrogen-bond acceptors (Lipinski definition) is 2. The molecule has 1 heterocycles. The minimum Gasteiger partial charge on any atom is -0.497 e. The lowest BCUT2D eigenvalue weighted by Gasteiger charge is -2.16. The average Bonchev–Trinajstić information content (AvgIpc) is 3.18. The third kappa shape index (κ3) is 2.88. The SMILES string of the molecule is COc1ccc(-c2nccn2-c2c(C)cccc2-c2ccccc2)cc1. The first-order valence-corrected chi connectivity index (χ1v) is 8.61. The van der Waals surface area contributed by atoms with Gasteiger partial charge in [-0.05, 0) is 42.3 Å². The zero-order valence-electron chi connectivity index (χ0n) is 14.9. The van der Waals surface area contributed by atoms with Crippen molar-refractivity contribution in [3.05, 3.63) is 90.8 Å². The number of rotatable bonds is 4. The molecule has 26 heavy (non-hydrogen) atoms. The Morgan fingerprint density at radius 1 is 0.808 bits per heavy atom. The molecule has 1 aromatic heterocycles. The van der Waals surface area contributed by atoms with Crippen LogP contribution in [0.25, 0.3) is 28.2 Å². The number of methoxy groups -OCH3 is 1. The van der Waals surface area contributed by atoms with Gasteiger partial charge in [-0.1, -0.05) is 48.5 Å². The topological polar surface area (TPSA) is 27.1 Å². The van der Waals surface area contributed by atoms with Crippen molar-refractivity contribution in [3.63, 3.8) is 0 Å². The third-order valence-electron chi connectivity index (χ3n) is 4.55. The van der Waals surface area contributed by atoms with Crippen LogP contribution < -0.4 is 4.74 Å². The van der Waals surface area contributed by atoms with Crippen LogP contribution in [-0.4, -0.2) is 16.7 Å². The minimum absolute atomic E-state index is 0.840. The van der Waals surface area contributed by atoms with Crippen molar-refractivity contribution in [2.45, 2.75) is 6.92 Å². The van der Waals surface area contributed by atoms with E-state index in [4.69, 9.17) is 4.74 Å². The van der Waals surface area contributed by atoms with E-state index in [1.807, 2.05) is 42.7 Å². The van der Waals surface area contributed by atoms with Crippen molar-refractivity contribution in [3.8, 4) is 34.0 Å². The molecule has 4 rings (SSSR count). The summed E-state index contributed by atoms with van der Waals surface area (Å²) in [7, 11) is 1.68. The molecule has 0 fully saturated rings. The van der Waals surface area contributed by atoms with Gasteiger partial charge in [-0.25, -0.2) is 4.98 Å². The van der Waals surface area contributed by atoms with Crippen LogP contribution in [-0.2, 0) is 0 Å². The normalized spacial score (nSPS) is 10.7. The fraction of sp³-hybridized carbons (Fsp3) is 0.0870. The molecule has 4 aromatic rings. The second-order valence-electron chi connectivity index (χ2n) is 6.19. The Bertz CT molecular complexity index is 1020. The Labute approximate surface area is 153 Å². The maximum Gasteiger partial charge on any atom is 0.144 e. The first kappa shape index (κ1) is 16.2. The van der Waals surface area contributed by atoms with Gasteiger partial charge in [0.2, 0.25) is 0 Å². The Hall–Kier alpha value is -3.33. The number of para-hydroxylation sites is 1. The number of nitrogens with zero attached hydrogens (tertiary/aromatic N) is 2. The molecule has 0 spiro atoms. The summed E-state index contributed by atoms with van der Waals surface area (Å²) in [5.41, 5.74) is 5.80. The third-order valence-corrected chi connectivity index (χ3v) is 4.55. The van der Waals surface area contributed by atoms with E-state index in [2.05, 4.69) is 58.9 Å². The summed E-state index contributed by atoms with van der Waals surface area (Å²) in [6, 6.07) is 24.9. The van der Waals surface area contributed by atoms with Crippen LogP contribution in [0.3, 0.4) is 0 Å². The lowest BCUT2D eigenvalue weighted by molar-refractivity contribution is 0.415. The van der Waals surface area contributed by atoms with Crippen LogP contribution in [0.1, 0.15) is 5.56 Å². The molecule has 0 aliphatic carbocycles. The number of benzene rings is 3. The summed E-state index contributed by atoms with van der Waals surface area (Å²) in [5, 5.41) is 0. The zero-order chi connectivity index (χ0) is 17.9. The maximum atomic E-state index is 5.27. The van der Waals surface area contributed by atoms with Gasteiger partial charge in [0.05, 0.1) is 12.8 Å². The van der Waals surface area contributed by atoms with Crippen molar-refractivity contribution in [2.75, 3.05) is 7.11 Å². The highest BCUT2D eigenvalue weighted by atomic mass is 16.5. The molecule has 0 unspecified atom stereocenters. The molecular weight excluding hydrogens is 320 g/mol. The number of hydrogen-bond donors (Lipinski definition) is 0. The summed E-state index contributed by atoms with van der Waals surface area (Å²) in [6.07, 6.45) is 3.87. The van der Waals surface area contributed by atoms with Crippen LogP contribution in [0.4, 0.5) is 0 Å². The van der Waals surface area contributed by atoms with Gasteiger partial charge in [-0.2, -0.15) is 0 Å². The van der Waals surface area contributed by atoms with Gasteiger partial charge in [0.1, 0.15) is 11.6 Å². The van der Waals surface area contributed by atoms with Crippen LogP contribution in [0.2, 0.25) is 0 Å². The van der Waals surface area contributed by atoms with E-state index >= 15 is 0 Å². The average molecular weight is 340 g/mol. The van der Waals surface area contributed by atoms with Gasteiger partial charge in [-0.15, -0.1) is 0 Å². The smallest absolute Gasteiger partial charge is 0.144 e. The Kier molecular flexibility index (Phi) is 4.28. The quantitative estimate of drug-likeness (QED) is 0.489. The molecule has 3 heteroatoms. The molecule has 3 nitrogen and oxygen atoms in total. The Morgan fingerprint density at radius 2 is 1.58 bits per heavy atom. The Balaban J connectivity index is 1.89. The molecule has 0 amide bonds. The van der Waals surface area contributed by atoms with Gasteiger partial charge in [0.15, 0.2) is 0 Å². The number of ether oxygens (including phenoxy) is 1. The van der Waals surface area contributed by atoms with E-state index < -0.39 is 0 Å². The monoisotopic (exact) mass is 340 g/mol. The highest BCUT2D eigenvalue weighted by Crippen LogP contribution is 2.32.